The van der Waals surface area contributed by atoms with Crippen molar-refractivity contribution >= 4 is 23.2 Å². The zero-order valence-electron chi connectivity index (χ0n) is 12.2. The predicted octanol–water partition coefficient (Wildman–Crippen LogP) is 2.43. The van der Waals surface area contributed by atoms with Crippen LogP contribution in [0.15, 0.2) is 24.3 Å². The maximum absolute atomic E-state index is 12.4. The lowest BCUT2D eigenvalue weighted by Gasteiger charge is -2.34. The molecule has 1 aliphatic heterocycles. The molecule has 0 atom stereocenters. The van der Waals surface area contributed by atoms with Gasteiger partial charge in [-0.1, -0.05) is 17.7 Å². The number of halogens is 1. The Labute approximate surface area is 135 Å². The summed E-state index contributed by atoms with van der Waals surface area (Å²) < 4.78 is 0. The molecule has 0 bridgehead atoms. The predicted molar refractivity (Wildman–Crippen MR) is 84.2 cm³/mol. The Morgan fingerprint density at radius 3 is 2.45 bits per heavy atom. The average molecular weight is 317 g/mol. The SMILES string of the molecule is N#CCN(CC#N)C(=O)C1CCN(c2cccc(Cl)c2)CC1. The van der Waals surface area contributed by atoms with Gasteiger partial charge in [0.1, 0.15) is 13.1 Å². The average Bonchev–Trinajstić information content (AvgIpc) is 2.54. The van der Waals surface area contributed by atoms with Crippen molar-refractivity contribution in [2.45, 2.75) is 12.8 Å². The molecule has 0 N–H and O–H groups in total. The fourth-order valence-corrected chi connectivity index (χ4v) is 2.88. The second-order valence-electron chi connectivity index (χ2n) is 5.25. The van der Waals surface area contributed by atoms with Crippen molar-refractivity contribution in [3.63, 3.8) is 0 Å². The third kappa shape index (κ3) is 3.90. The van der Waals surface area contributed by atoms with E-state index in [0.29, 0.717) is 5.02 Å². The van der Waals surface area contributed by atoms with E-state index in [-0.39, 0.29) is 24.9 Å². The van der Waals surface area contributed by atoms with Crippen molar-refractivity contribution in [2.24, 2.45) is 5.92 Å². The monoisotopic (exact) mass is 316 g/mol. The number of rotatable bonds is 4. The Hall–Kier alpha value is -2.24. The fourth-order valence-electron chi connectivity index (χ4n) is 2.70. The van der Waals surface area contributed by atoms with Gasteiger partial charge in [0, 0.05) is 29.7 Å². The van der Waals surface area contributed by atoms with Crippen molar-refractivity contribution in [1.82, 2.24) is 4.90 Å². The van der Waals surface area contributed by atoms with Crippen LogP contribution in [-0.4, -0.2) is 37.0 Å². The number of benzene rings is 1. The first-order valence-electron chi connectivity index (χ1n) is 7.19. The summed E-state index contributed by atoms with van der Waals surface area (Å²) in [6.45, 7) is 1.48. The molecule has 0 spiro atoms. The van der Waals surface area contributed by atoms with Gasteiger partial charge < -0.3 is 9.80 Å². The highest BCUT2D eigenvalue weighted by atomic mass is 35.5. The van der Waals surface area contributed by atoms with Gasteiger partial charge in [0.2, 0.25) is 5.91 Å². The molecule has 0 aliphatic carbocycles. The number of nitrogens with zero attached hydrogens (tertiary/aromatic N) is 4. The van der Waals surface area contributed by atoms with Gasteiger partial charge in [0.15, 0.2) is 0 Å². The smallest absolute Gasteiger partial charge is 0.227 e. The molecule has 1 amide bonds. The molecule has 22 heavy (non-hydrogen) atoms. The lowest BCUT2D eigenvalue weighted by molar-refractivity contribution is -0.135. The zero-order valence-corrected chi connectivity index (χ0v) is 13.0. The van der Waals surface area contributed by atoms with Gasteiger partial charge in [-0.2, -0.15) is 10.5 Å². The highest BCUT2D eigenvalue weighted by Gasteiger charge is 2.28. The van der Waals surface area contributed by atoms with Crippen LogP contribution in [0.4, 0.5) is 5.69 Å². The van der Waals surface area contributed by atoms with Gasteiger partial charge in [0.05, 0.1) is 12.1 Å². The fraction of sp³-hybridized carbons (Fsp3) is 0.438. The summed E-state index contributed by atoms with van der Waals surface area (Å²) in [4.78, 5) is 15.9. The zero-order chi connectivity index (χ0) is 15.9. The molecule has 1 aromatic carbocycles. The molecule has 0 aromatic heterocycles. The summed E-state index contributed by atoms with van der Waals surface area (Å²) in [5.41, 5.74) is 1.06. The summed E-state index contributed by atoms with van der Waals surface area (Å²) in [5.74, 6) is -0.203. The number of anilines is 1. The van der Waals surface area contributed by atoms with Crippen molar-refractivity contribution in [3.05, 3.63) is 29.3 Å². The summed E-state index contributed by atoms with van der Waals surface area (Å²) in [6.07, 6.45) is 1.44. The van der Waals surface area contributed by atoms with Gasteiger partial charge in [-0.15, -0.1) is 0 Å². The molecule has 1 saturated heterocycles. The summed E-state index contributed by atoms with van der Waals surface area (Å²) in [5, 5.41) is 18.2. The van der Waals surface area contributed by atoms with Crippen LogP contribution in [0.2, 0.25) is 5.02 Å². The van der Waals surface area contributed by atoms with Gasteiger partial charge >= 0.3 is 0 Å². The number of amides is 1. The largest absolute Gasteiger partial charge is 0.371 e. The molecule has 0 radical (unpaired) electrons. The molecular formula is C16H17ClN4O. The summed E-state index contributed by atoms with van der Waals surface area (Å²) in [7, 11) is 0. The molecule has 1 heterocycles. The Morgan fingerprint density at radius 1 is 1.27 bits per heavy atom. The molecule has 1 fully saturated rings. The first-order chi connectivity index (χ1) is 10.7. The van der Waals surface area contributed by atoms with Gasteiger partial charge in [-0.3, -0.25) is 4.79 Å². The van der Waals surface area contributed by atoms with Crippen molar-refractivity contribution in [3.8, 4) is 12.1 Å². The van der Waals surface area contributed by atoms with Crippen LogP contribution in [0.3, 0.4) is 0 Å². The molecule has 1 aromatic rings. The van der Waals surface area contributed by atoms with Crippen LogP contribution in [0.5, 0.6) is 0 Å². The maximum atomic E-state index is 12.4. The third-order valence-corrected chi connectivity index (χ3v) is 4.09. The highest BCUT2D eigenvalue weighted by Crippen LogP contribution is 2.26. The molecule has 5 nitrogen and oxygen atoms in total. The number of piperidine rings is 1. The Balaban J connectivity index is 1.95. The van der Waals surface area contributed by atoms with E-state index in [1.165, 1.54) is 4.90 Å². The Kier molecular flexibility index (Phi) is 5.63. The number of carbonyl (C=O) groups excluding carboxylic acids is 1. The molecule has 0 unspecified atom stereocenters. The van der Waals surface area contributed by atoms with Crippen LogP contribution >= 0.6 is 11.6 Å². The van der Waals surface area contributed by atoms with Crippen LogP contribution in [0.1, 0.15) is 12.8 Å². The van der Waals surface area contributed by atoms with E-state index in [4.69, 9.17) is 22.1 Å². The topological polar surface area (TPSA) is 71.1 Å². The van der Waals surface area contributed by atoms with E-state index in [1.54, 1.807) is 0 Å². The van der Waals surface area contributed by atoms with Crippen molar-refractivity contribution in [1.29, 1.82) is 10.5 Å². The minimum Gasteiger partial charge on any atom is -0.371 e. The quantitative estimate of drug-likeness (QED) is 0.800. The molecule has 2 rings (SSSR count). The Bertz CT molecular complexity index is 595. The highest BCUT2D eigenvalue weighted by molar-refractivity contribution is 6.30. The van der Waals surface area contributed by atoms with Crippen LogP contribution in [-0.2, 0) is 4.79 Å². The second-order valence-corrected chi connectivity index (χ2v) is 5.69. The van der Waals surface area contributed by atoms with Crippen LogP contribution in [0, 0.1) is 28.6 Å². The lowest BCUT2D eigenvalue weighted by Crippen LogP contribution is -2.43. The number of hydrogen-bond donors (Lipinski definition) is 0. The van der Waals surface area contributed by atoms with Crippen molar-refractivity contribution in [2.75, 3.05) is 31.1 Å². The standard InChI is InChI=1S/C16H17ClN4O/c17-14-2-1-3-15(12-14)20-8-4-13(5-9-20)16(22)21(10-6-18)11-7-19/h1-3,12-13H,4-5,8-11H2. The van der Waals surface area contributed by atoms with E-state index >= 15 is 0 Å². The molecule has 114 valence electrons. The normalized spacial score (nSPS) is 15.0. The van der Waals surface area contributed by atoms with Gasteiger partial charge in [0.25, 0.3) is 0 Å². The van der Waals surface area contributed by atoms with Crippen LogP contribution < -0.4 is 4.90 Å². The van der Waals surface area contributed by atoms with E-state index < -0.39 is 0 Å². The number of nitriles is 2. The number of hydrogen-bond acceptors (Lipinski definition) is 4. The molecule has 6 heteroatoms. The van der Waals surface area contributed by atoms with Crippen LogP contribution in [0.25, 0.3) is 0 Å². The third-order valence-electron chi connectivity index (χ3n) is 3.85. The van der Waals surface area contributed by atoms with Gasteiger partial charge in [-0.05, 0) is 31.0 Å². The van der Waals surface area contributed by atoms with E-state index in [1.807, 2.05) is 36.4 Å². The molecule has 1 aliphatic rings. The van der Waals surface area contributed by atoms with E-state index in [2.05, 4.69) is 4.90 Å². The van der Waals surface area contributed by atoms with Crippen molar-refractivity contribution < 1.29 is 4.79 Å². The van der Waals surface area contributed by atoms with Gasteiger partial charge in [-0.25, -0.2) is 0 Å². The second kappa shape index (κ2) is 7.68. The minimum absolute atomic E-state index is 0.0269. The molecule has 0 saturated carbocycles. The maximum Gasteiger partial charge on any atom is 0.227 e. The summed E-state index contributed by atoms with van der Waals surface area (Å²) in [6, 6.07) is 11.6. The first-order valence-corrected chi connectivity index (χ1v) is 7.56. The molecular weight excluding hydrogens is 300 g/mol. The minimum atomic E-state index is -0.114. The first kappa shape index (κ1) is 16.1. The lowest BCUT2D eigenvalue weighted by atomic mass is 9.95. The number of carbonyl (C=O) groups is 1. The van der Waals surface area contributed by atoms with E-state index in [0.717, 1.165) is 31.6 Å². The van der Waals surface area contributed by atoms with E-state index in [9.17, 15) is 4.79 Å². The Morgan fingerprint density at radius 2 is 1.91 bits per heavy atom. The summed E-state index contributed by atoms with van der Waals surface area (Å²) >= 11 is 6.01.